The molecule has 0 saturated heterocycles. The average Bonchev–Trinajstić information content (AvgIpc) is 2.32. The molecule has 0 spiro atoms. The first-order chi connectivity index (χ1) is 5.11. The molecule has 0 bridgehead atoms. The molecule has 1 unspecified atom stereocenters. The van der Waals surface area contributed by atoms with Crippen LogP contribution in [0.3, 0.4) is 0 Å². The fourth-order valence-electron chi connectivity index (χ4n) is 0.805. The highest BCUT2D eigenvalue weighted by Gasteiger charge is 2.34. The molecule has 1 rings (SSSR count). The minimum Gasteiger partial charge on any atom is -0.460 e. The lowest BCUT2D eigenvalue weighted by Gasteiger charge is -2.20. The van der Waals surface area contributed by atoms with Crippen LogP contribution in [0.4, 0.5) is 4.79 Å². The van der Waals surface area contributed by atoms with Crippen molar-refractivity contribution in [2.45, 2.75) is 6.92 Å². The largest absolute Gasteiger partial charge is 0.460 e. The van der Waals surface area contributed by atoms with Gasteiger partial charge >= 0.3 is 5.30 Å². The minimum absolute atomic E-state index is 0.560. The number of methoxy groups -OCH3 is 1. The van der Waals surface area contributed by atoms with Gasteiger partial charge in [0.1, 0.15) is 0 Å². The van der Waals surface area contributed by atoms with Gasteiger partial charge in [-0.25, -0.2) is 4.79 Å². The Morgan fingerprint density at radius 1 is 1.64 bits per heavy atom. The predicted octanol–water partition coefficient (Wildman–Crippen LogP) is 2.33. The Kier molecular flexibility index (Phi) is 2.06. The Hall–Kier alpha value is -0.740. The zero-order valence-corrected chi connectivity index (χ0v) is 7.18. The third-order valence-electron chi connectivity index (χ3n) is 1.49. The monoisotopic (exact) mass is 173 g/mol. The number of allylic oxidation sites excluding steroid dienone is 3. The number of hydrogen-bond acceptors (Lipinski definition) is 2. The Morgan fingerprint density at radius 3 is 2.64 bits per heavy atom. The molecule has 0 fully saturated rings. The number of rotatable bonds is 0. The second kappa shape index (κ2) is 2.71. The molecule has 0 aliphatic carbocycles. The Balaban J connectivity index is 2.92. The van der Waals surface area contributed by atoms with E-state index in [1.807, 2.05) is 0 Å². The summed E-state index contributed by atoms with van der Waals surface area (Å²) in [5.74, 6) is 0. The third-order valence-corrected chi connectivity index (χ3v) is 3.79. The molecule has 0 aromatic rings. The lowest BCUT2D eigenvalue weighted by molar-refractivity contribution is 0.196. The number of carbonyl (C=O) groups is 1. The smallest absolute Gasteiger partial charge is 0.382 e. The molecule has 1 aliphatic heterocycles. The Morgan fingerprint density at radius 2 is 2.27 bits per heavy atom. The van der Waals surface area contributed by atoms with Gasteiger partial charge in [0.05, 0.1) is 7.11 Å². The maximum absolute atomic E-state index is 11.6. The van der Waals surface area contributed by atoms with E-state index in [9.17, 15) is 9.35 Å². The topological polar surface area (TPSA) is 46.2 Å². The van der Waals surface area contributed by atoms with Gasteiger partial charge in [-0.2, -0.15) is 4.55 Å². The molecule has 1 atom stereocenters. The van der Waals surface area contributed by atoms with Crippen LogP contribution in [0.2, 0.25) is 0 Å². The van der Waals surface area contributed by atoms with E-state index in [-0.39, 0.29) is 0 Å². The van der Waals surface area contributed by atoms with E-state index in [4.69, 9.17) is 0 Å². The van der Waals surface area contributed by atoms with Gasteiger partial charge in [-0.3, -0.25) is 0 Å². The van der Waals surface area contributed by atoms with E-state index in [2.05, 4.69) is 4.74 Å². The summed E-state index contributed by atoms with van der Waals surface area (Å²) in [5.41, 5.74) is 0. The number of carbonyl (C=O) groups excluding carboxylic acids is 1. The summed E-state index contributed by atoms with van der Waals surface area (Å²) in [6, 6.07) is 0. The predicted molar refractivity (Wildman–Crippen MR) is 43.6 cm³/mol. The molecule has 1 aliphatic rings. The molecule has 11 heavy (non-hydrogen) atoms. The van der Waals surface area contributed by atoms with E-state index in [1.54, 1.807) is 19.1 Å². The maximum Gasteiger partial charge on any atom is 0.382 e. The van der Waals surface area contributed by atoms with Gasteiger partial charge in [-0.1, -0.05) is 12.2 Å². The zero-order valence-electron chi connectivity index (χ0n) is 6.37. The lowest BCUT2D eigenvalue weighted by atomic mass is 10.5. The van der Waals surface area contributed by atoms with Gasteiger partial charge in [0.2, 0.25) is 0 Å². The quantitative estimate of drug-likeness (QED) is 0.528. The van der Waals surface area contributed by atoms with E-state index in [1.165, 1.54) is 12.5 Å². The van der Waals surface area contributed by atoms with Crippen molar-refractivity contribution in [1.29, 1.82) is 0 Å². The van der Waals surface area contributed by atoms with Crippen molar-refractivity contribution in [3.8, 4) is 0 Å². The molecule has 0 aromatic heterocycles. The van der Waals surface area contributed by atoms with Crippen LogP contribution in [0.15, 0.2) is 22.5 Å². The van der Waals surface area contributed by atoms with Crippen LogP contribution in [-0.2, 0) is 9.29 Å². The summed E-state index contributed by atoms with van der Waals surface area (Å²) in [7, 11) is -1.41. The van der Waals surface area contributed by atoms with Crippen LogP contribution in [0, 0.1) is 0 Å². The molecule has 4 heteroatoms. The number of hydrogen-bond donors (Lipinski definition) is 0. The SMILES string of the molecule is COC(=O)S1([O])C=CC=C1C. The normalized spacial score (nSPS) is 34.3. The number of ether oxygens (including phenoxy) is 1. The van der Waals surface area contributed by atoms with Crippen LogP contribution in [0.25, 0.3) is 0 Å². The molecular weight excluding hydrogens is 164 g/mol. The van der Waals surface area contributed by atoms with Gasteiger partial charge in [0, 0.05) is 15.2 Å². The third kappa shape index (κ3) is 1.19. The van der Waals surface area contributed by atoms with Crippen molar-refractivity contribution in [3.05, 3.63) is 22.5 Å². The summed E-state index contributed by atoms with van der Waals surface area (Å²) in [5, 5.41) is 0.716. The van der Waals surface area contributed by atoms with Gasteiger partial charge in [-0.15, -0.1) is 0 Å². The Labute approximate surface area is 66.9 Å². The average molecular weight is 173 g/mol. The summed E-state index contributed by atoms with van der Waals surface area (Å²) >= 11 is 0. The Bertz CT molecular complexity index is 244. The van der Waals surface area contributed by atoms with E-state index in [0.717, 1.165) is 0 Å². The molecule has 61 valence electrons. The highest BCUT2D eigenvalue weighted by atomic mass is 32.3. The van der Waals surface area contributed by atoms with Crippen molar-refractivity contribution >= 4 is 15.6 Å². The van der Waals surface area contributed by atoms with Crippen molar-refractivity contribution in [2.24, 2.45) is 0 Å². The van der Waals surface area contributed by atoms with Crippen LogP contribution in [-0.4, -0.2) is 12.4 Å². The molecule has 0 aromatic carbocycles. The van der Waals surface area contributed by atoms with E-state index in [0.29, 0.717) is 4.91 Å². The van der Waals surface area contributed by atoms with E-state index < -0.39 is 15.6 Å². The molecule has 3 nitrogen and oxygen atoms in total. The summed E-state index contributed by atoms with van der Waals surface area (Å²) in [6.45, 7) is 1.65. The molecular formula is C7H9O3S. The molecule has 0 saturated carbocycles. The standard InChI is InChI=1S/C7H9O3S/c1-6-4-3-5-11(6,9)7(8)10-2/h3-5H,1-2H3. The van der Waals surface area contributed by atoms with Crippen LogP contribution in [0.5, 0.6) is 0 Å². The van der Waals surface area contributed by atoms with Crippen molar-refractivity contribution in [1.82, 2.24) is 0 Å². The van der Waals surface area contributed by atoms with Gasteiger partial charge < -0.3 is 4.74 Å². The molecule has 1 radical (unpaired) electrons. The fraction of sp³-hybridized carbons (Fsp3) is 0.286. The van der Waals surface area contributed by atoms with Crippen LogP contribution < -0.4 is 0 Å². The highest BCUT2D eigenvalue weighted by molar-refractivity contribution is 8.45. The maximum atomic E-state index is 11.6. The second-order valence-corrected chi connectivity index (χ2v) is 4.61. The summed E-state index contributed by atoms with van der Waals surface area (Å²) in [6.07, 6.45) is 3.26. The summed E-state index contributed by atoms with van der Waals surface area (Å²) < 4.78 is 16.0. The second-order valence-electron chi connectivity index (χ2n) is 2.16. The fourth-order valence-corrected chi connectivity index (χ4v) is 2.22. The lowest BCUT2D eigenvalue weighted by Crippen LogP contribution is -2.07. The first kappa shape index (κ1) is 8.36. The van der Waals surface area contributed by atoms with Crippen molar-refractivity contribution < 1.29 is 14.1 Å². The molecule has 0 amide bonds. The zero-order chi connectivity index (χ0) is 8.48. The first-order valence-corrected chi connectivity index (χ1v) is 4.70. The summed E-state index contributed by atoms with van der Waals surface area (Å²) in [4.78, 5) is 11.5. The van der Waals surface area contributed by atoms with Crippen molar-refractivity contribution in [3.63, 3.8) is 0 Å². The van der Waals surface area contributed by atoms with Crippen LogP contribution >= 0.6 is 10.3 Å². The van der Waals surface area contributed by atoms with E-state index >= 15 is 0 Å². The van der Waals surface area contributed by atoms with Crippen LogP contribution in [0.1, 0.15) is 6.92 Å². The van der Waals surface area contributed by atoms with Crippen molar-refractivity contribution in [2.75, 3.05) is 7.11 Å². The highest BCUT2D eigenvalue weighted by Crippen LogP contribution is 2.57. The van der Waals surface area contributed by atoms with Gasteiger partial charge in [-0.05, 0) is 12.3 Å². The van der Waals surface area contributed by atoms with Gasteiger partial charge in [0.15, 0.2) is 0 Å². The minimum atomic E-state index is -2.64. The first-order valence-electron chi connectivity index (χ1n) is 3.08. The molecule has 1 heterocycles. The van der Waals surface area contributed by atoms with Gasteiger partial charge in [0.25, 0.3) is 0 Å². The molecule has 0 N–H and O–H groups in total.